The van der Waals surface area contributed by atoms with Crippen molar-refractivity contribution in [2.75, 3.05) is 0 Å². The standard InChI is InChI=1S/C10H13NO2/c1-10(2,9(12)13)8-4-3-7(5-8)6-11/h5,8H,3-4H2,1-2H3,(H,12,13)/t8-/m1/s1. The Morgan fingerprint density at radius 1 is 1.77 bits per heavy atom. The molecular weight excluding hydrogens is 166 g/mol. The van der Waals surface area contributed by atoms with Crippen LogP contribution in [0.2, 0.25) is 0 Å². The third kappa shape index (κ3) is 1.72. The SMILES string of the molecule is CC(C)(C(=O)O)[C@H]1C=C(C#N)CC1. The highest BCUT2D eigenvalue weighted by atomic mass is 16.4. The smallest absolute Gasteiger partial charge is 0.309 e. The van der Waals surface area contributed by atoms with Gasteiger partial charge in [-0.1, -0.05) is 6.08 Å². The van der Waals surface area contributed by atoms with Crippen molar-refractivity contribution >= 4 is 5.97 Å². The molecular formula is C10H13NO2. The highest BCUT2D eigenvalue weighted by molar-refractivity contribution is 5.74. The average molecular weight is 179 g/mol. The highest BCUT2D eigenvalue weighted by Gasteiger charge is 2.37. The van der Waals surface area contributed by atoms with Crippen molar-refractivity contribution < 1.29 is 9.90 Å². The van der Waals surface area contributed by atoms with Crippen LogP contribution in [-0.2, 0) is 4.79 Å². The van der Waals surface area contributed by atoms with E-state index in [0.29, 0.717) is 0 Å². The molecule has 0 saturated heterocycles. The molecule has 1 atom stereocenters. The van der Waals surface area contributed by atoms with E-state index in [1.807, 2.05) is 0 Å². The fourth-order valence-electron chi connectivity index (χ4n) is 1.54. The minimum Gasteiger partial charge on any atom is -0.481 e. The van der Waals surface area contributed by atoms with Crippen molar-refractivity contribution in [2.24, 2.45) is 11.3 Å². The first-order chi connectivity index (χ1) is 5.98. The van der Waals surface area contributed by atoms with Crippen molar-refractivity contribution in [1.82, 2.24) is 0 Å². The van der Waals surface area contributed by atoms with Gasteiger partial charge in [-0.15, -0.1) is 0 Å². The van der Waals surface area contributed by atoms with Gasteiger partial charge in [-0.2, -0.15) is 5.26 Å². The van der Waals surface area contributed by atoms with Crippen LogP contribution in [-0.4, -0.2) is 11.1 Å². The molecule has 13 heavy (non-hydrogen) atoms. The Bertz CT molecular complexity index is 297. The van der Waals surface area contributed by atoms with E-state index in [-0.39, 0.29) is 5.92 Å². The molecule has 0 aromatic carbocycles. The second-order valence-corrected chi connectivity index (χ2v) is 3.98. The number of nitriles is 1. The lowest BCUT2D eigenvalue weighted by molar-refractivity contribution is -0.149. The summed E-state index contributed by atoms with van der Waals surface area (Å²) in [7, 11) is 0. The van der Waals surface area contributed by atoms with Gasteiger partial charge in [0.1, 0.15) is 0 Å². The molecule has 0 heterocycles. The van der Waals surface area contributed by atoms with E-state index in [4.69, 9.17) is 10.4 Å². The highest BCUT2D eigenvalue weighted by Crippen LogP contribution is 2.37. The number of hydrogen-bond donors (Lipinski definition) is 1. The van der Waals surface area contributed by atoms with Gasteiger partial charge in [-0.25, -0.2) is 0 Å². The van der Waals surface area contributed by atoms with Crippen LogP contribution in [0.1, 0.15) is 26.7 Å². The number of aliphatic carboxylic acids is 1. The molecule has 0 aromatic rings. The van der Waals surface area contributed by atoms with Gasteiger partial charge in [-0.3, -0.25) is 4.79 Å². The molecule has 0 amide bonds. The molecule has 3 heteroatoms. The van der Waals surface area contributed by atoms with Gasteiger partial charge < -0.3 is 5.11 Å². The molecule has 0 bridgehead atoms. The molecule has 1 aliphatic rings. The summed E-state index contributed by atoms with van der Waals surface area (Å²) < 4.78 is 0. The zero-order chi connectivity index (χ0) is 10.1. The van der Waals surface area contributed by atoms with Crippen LogP contribution in [0.15, 0.2) is 11.6 Å². The lowest BCUT2D eigenvalue weighted by Gasteiger charge is -2.24. The Morgan fingerprint density at radius 2 is 2.38 bits per heavy atom. The number of carboxylic acid groups (broad SMARTS) is 1. The summed E-state index contributed by atoms with van der Waals surface area (Å²) in [5.74, 6) is -0.799. The lowest BCUT2D eigenvalue weighted by atomic mass is 9.79. The van der Waals surface area contributed by atoms with Crippen LogP contribution in [0.5, 0.6) is 0 Å². The summed E-state index contributed by atoms with van der Waals surface area (Å²) >= 11 is 0. The first kappa shape index (κ1) is 9.79. The zero-order valence-electron chi connectivity index (χ0n) is 7.87. The molecule has 0 radical (unpaired) electrons. The Kier molecular flexibility index (Phi) is 2.42. The van der Waals surface area contributed by atoms with Gasteiger partial charge in [0, 0.05) is 5.57 Å². The summed E-state index contributed by atoms with van der Waals surface area (Å²) in [6.45, 7) is 3.41. The topological polar surface area (TPSA) is 61.1 Å². The molecule has 0 aromatic heterocycles. The third-order valence-corrected chi connectivity index (χ3v) is 2.75. The van der Waals surface area contributed by atoms with Crippen LogP contribution >= 0.6 is 0 Å². The van der Waals surface area contributed by atoms with E-state index in [1.165, 1.54) is 0 Å². The minimum atomic E-state index is -0.798. The Morgan fingerprint density at radius 3 is 2.77 bits per heavy atom. The first-order valence-corrected chi connectivity index (χ1v) is 4.32. The van der Waals surface area contributed by atoms with Crippen molar-refractivity contribution in [3.05, 3.63) is 11.6 Å². The minimum absolute atomic E-state index is 0.000324. The Labute approximate surface area is 77.7 Å². The number of carbonyl (C=O) groups is 1. The lowest BCUT2D eigenvalue weighted by Crippen LogP contribution is -2.30. The maximum Gasteiger partial charge on any atom is 0.309 e. The molecule has 1 aliphatic carbocycles. The van der Waals surface area contributed by atoms with Crippen molar-refractivity contribution in [1.29, 1.82) is 5.26 Å². The van der Waals surface area contributed by atoms with E-state index in [2.05, 4.69) is 6.07 Å². The second kappa shape index (κ2) is 3.21. The maximum atomic E-state index is 10.9. The third-order valence-electron chi connectivity index (χ3n) is 2.75. The first-order valence-electron chi connectivity index (χ1n) is 4.32. The number of hydrogen-bond acceptors (Lipinski definition) is 2. The number of carboxylic acids is 1. The van der Waals surface area contributed by atoms with Crippen molar-refractivity contribution in [3.8, 4) is 6.07 Å². The molecule has 70 valence electrons. The average Bonchev–Trinajstić information content (AvgIpc) is 2.51. The number of nitrogens with zero attached hydrogens (tertiary/aromatic N) is 1. The number of rotatable bonds is 2. The summed E-state index contributed by atoms with van der Waals surface area (Å²) in [5.41, 5.74) is -0.0298. The van der Waals surface area contributed by atoms with Crippen LogP contribution in [0.25, 0.3) is 0 Å². The van der Waals surface area contributed by atoms with Crippen LogP contribution < -0.4 is 0 Å². The van der Waals surface area contributed by atoms with E-state index in [0.717, 1.165) is 18.4 Å². The fourth-order valence-corrected chi connectivity index (χ4v) is 1.54. The zero-order valence-corrected chi connectivity index (χ0v) is 7.87. The normalized spacial score (nSPS) is 22.2. The Hall–Kier alpha value is -1.30. The predicted octanol–water partition coefficient (Wildman–Crippen LogP) is 1.96. The molecule has 1 rings (SSSR count). The summed E-state index contributed by atoms with van der Waals surface area (Å²) in [5, 5.41) is 17.6. The quantitative estimate of drug-likeness (QED) is 0.704. The van der Waals surface area contributed by atoms with Crippen LogP contribution in [0, 0.1) is 22.7 Å². The molecule has 0 fully saturated rings. The number of allylic oxidation sites excluding steroid dienone is 2. The monoisotopic (exact) mass is 179 g/mol. The van der Waals surface area contributed by atoms with Crippen molar-refractivity contribution in [3.63, 3.8) is 0 Å². The predicted molar refractivity (Wildman–Crippen MR) is 47.8 cm³/mol. The van der Waals surface area contributed by atoms with E-state index in [1.54, 1.807) is 19.9 Å². The summed E-state index contributed by atoms with van der Waals surface area (Å²) in [6, 6.07) is 2.07. The fraction of sp³-hybridized carbons (Fsp3) is 0.600. The molecule has 1 N–H and O–H groups in total. The molecule has 0 spiro atoms. The van der Waals surface area contributed by atoms with Gasteiger partial charge in [0.2, 0.25) is 0 Å². The van der Waals surface area contributed by atoms with Gasteiger partial charge in [0.15, 0.2) is 0 Å². The van der Waals surface area contributed by atoms with E-state index >= 15 is 0 Å². The van der Waals surface area contributed by atoms with E-state index < -0.39 is 11.4 Å². The molecule has 0 saturated carbocycles. The second-order valence-electron chi connectivity index (χ2n) is 3.98. The molecule has 3 nitrogen and oxygen atoms in total. The van der Waals surface area contributed by atoms with Crippen LogP contribution in [0.4, 0.5) is 0 Å². The van der Waals surface area contributed by atoms with Gasteiger partial charge >= 0.3 is 5.97 Å². The summed E-state index contributed by atoms with van der Waals surface area (Å²) in [4.78, 5) is 10.9. The summed E-state index contributed by atoms with van der Waals surface area (Å²) in [6.07, 6.45) is 3.30. The molecule has 0 aliphatic heterocycles. The van der Waals surface area contributed by atoms with Gasteiger partial charge in [0.25, 0.3) is 0 Å². The van der Waals surface area contributed by atoms with Gasteiger partial charge in [0.05, 0.1) is 11.5 Å². The van der Waals surface area contributed by atoms with Gasteiger partial charge in [-0.05, 0) is 32.6 Å². The molecule has 0 unspecified atom stereocenters. The maximum absolute atomic E-state index is 10.9. The largest absolute Gasteiger partial charge is 0.481 e. The van der Waals surface area contributed by atoms with E-state index in [9.17, 15) is 4.79 Å². The van der Waals surface area contributed by atoms with Crippen molar-refractivity contribution in [2.45, 2.75) is 26.7 Å². The Balaban J connectivity index is 2.82. The van der Waals surface area contributed by atoms with Crippen LogP contribution in [0.3, 0.4) is 0 Å².